The highest BCUT2D eigenvalue weighted by Gasteiger charge is 2.45. The molecule has 1 unspecified atom stereocenters. The van der Waals surface area contributed by atoms with E-state index < -0.39 is 23.7 Å². The molecule has 13 heteroatoms. The predicted molar refractivity (Wildman–Crippen MR) is 190 cm³/mol. The number of para-hydroxylation sites is 1. The number of likely N-dealkylation sites (tertiary alicyclic amines) is 1. The number of likely N-dealkylation sites (N-methyl/N-ethyl adjacent to an activating group) is 1. The summed E-state index contributed by atoms with van der Waals surface area (Å²) in [7, 11) is 0. The maximum atomic E-state index is 13.1. The van der Waals surface area contributed by atoms with Crippen LogP contribution in [0.4, 0.5) is 19.0 Å². The molecule has 1 aromatic heterocycles. The first-order chi connectivity index (χ1) is 25.0. The summed E-state index contributed by atoms with van der Waals surface area (Å²) >= 11 is 0. The van der Waals surface area contributed by atoms with Crippen LogP contribution in [0.5, 0.6) is 0 Å². The van der Waals surface area contributed by atoms with E-state index in [0.29, 0.717) is 36.4 Å². The fraction of sp³-hybridized carbons (Fsp3) is 0.333. The number of hydrogen-bond donors (Lipinski definition) is 2. The number of anilines is 1. The number of aromatic nitrogens is 2. The molecule has 10 nitrogen and oxygen atoms in total. The Labute approximate surface area is 300 Å². The average Bonchev–Trinajstić information content (AvgIpc) is 3.80. The summed E-state index contributed by atoms with van der Waals surface area (Å²) < 4.78 is 46.0. The lowest BCUT2D eigenvalue weighted by atomic mass is 9.79. The first-order valence-corrected chi connectivity index (χ1v) is 17.2. The molecule has 3 aromatic carbocycles. The third kappa shape index (κ3) is 8.27. The van der Waals surface area contributed by atoms with Gasteiger partial charge in [0.2, 0.25) is 5.91 Å². The summed E-state index contributed by atoms with van der Waals surface area (Å²) in [6.07, 6.45) is -1.57. The van der Waals surface area contributed by atoms with Gasteiger partial charge < -0.3 is 15.4 Å². The molecule has 0 radical (unpaired) electrons. The SMILES string of the molecule is C=C(CN1CC2(CCOC2)C1)C(=O)NCc1ccccc1.CCN1C(=O)C(NC(=O)c2cccc(C(F)(F)F)c2)Cc2cnn(-c3ccccc3)c21. The zero-order valence-electron chi connectivity index (χ0n) is 28.9. The molecule has 0 aliphatic carbocycles. The van der Waals surface area contributed by atoms with Crippen LogP contribution in [0.25, 0.3) is 5.69 Å². The topological polar surface area (TPSA) is 109 Å². The van der Waals surface area contributed by atoms with E-state index in [4.69, 9.17) is 4.74 Å². The van der Waals surface area contributed by atoms with Gasteiger partial charge in [-0.3, -0.25) is 24.2 Å². The van der Waals surface area contributed by atoms with Crippen molar-refractivity contribution in [1.82, 2.24) is 25.3 Å². The van der Waals surface area contributed by atoms with Crippen molar-refractivity contribution in [2.75, 3.05) is 44.3 Å². The van der Waals surface area contributed by atoms with Crippen molar-refractivity contribution in [1.29, 1.82) is 0 Å². The van der Waals surface area contributed by atoms with Crippen molar-refractivity contribution in [3.63, 3.8) is 0 Å². The van der Waals surface area contributed by atoms with Gasteiger partial charge in [-0.2, -0.15) is 18.3 Å². The lowest BCUT2D eigenvalue weighted by Gasteiger charge is -2.47. The summed E-state index contributed by atoms with van der Waals surface area (Å²) in [6, 6.07) is 22.5. The van der Waals surface area contributed by atoms with Gasteiger partial charge in [0.25, 0.3) is 11.8 Å². The largest absolute Gasteiger partial charge is 0.416 e. The first-order valence-electron chi connectivity index (χ1n) is 17.2. The van der Waals surface area contributed by atoms with E-state index in [1.54, 1.807) is 17.8 Å². The average molecular weight is 715 g/mol. The Bertz CT molecular complexity index is 1900. The van der Waals surface area contributed by atoms with Crippen LogP contribution in [0.15, 0.2) is 103 Å². The Balaban J connectivity index is 0.000000192. The molecule has 1 spiro atoms. The van der Waals surface area contributed by atoms with Crippen molar-refractivity contribution in [2.24, 2.45) is 5.41 Å². The molecular weight excluding hydrogens is 673 g/mol. The van der Waals surface area contributed by atoms with Gasteiger partial charge in [-0.1, -0.05) is 61.2 Å². The standard InChI is InChI=1S/C22H19F3N4O2.C17H22N2O2/c1-2-28-20-15(13-26-29(20)17-9-4-3-5-10-17)12-18(21(28)31)27-19(30)14-7-6-8-16(11-14)22(23,24)25;1-14(10-19-11-17(12-19)7-8-21-13-17)16(20)18-9-15-5-3-2-4-6-15/h3-11,13,18H,2,12H2,1H3,(H,27,30);2-6H,1,7-13H2,(H,18,20). The predicted octanol–water partition coefficient (Wildman–Crippen LogP) is 5.18. The molecule has 0 saturated carbocycles. The number of benzene rings is 3. The Morgan fingerprint density at radius 2 is 1.73 bits per heavy atom. The summed E-state index contributed by atoms with van der Waals surface area (Å²) in [6.45, 7) is 11.1. The van der Waals surface area contributed by atoms with Crippen molar-refractivity contribution in [2.45, 2.75) is 38.5 Å². The second kappa shape index (κ2) is 15.5. The van der Waals surface area contributed by atoms with Crippen molar-refractivity contribution in [3.8, 4) is 5.69 Å². The number of rotatable bonds is 9. The normalized spacial score (nSPS) is 17.8. The van der Waals surface area contributed by atoms with Crippen molar-refractivity contribution >= 4 is 23.5 Å². The molecule has 4 aromatic rings. The summed E-state index contributed by atoms with van der Waals surface area (Å²) in [5.41, 5.74) is 2.58. The number of nitrogens with one attached hydrogen (secondary N) is 2. The van der Waals surface area contributed by atoms with E-state index in [1.807, 2.05) is 60.7 Å². The molecule has 2 fully saturated rings. The maximum absolute atomic E-state index is 13.1. The molecule has 3 amide bonds. The van der Waals surface area contributed by atoms with Crippen LogP contribution >= 0.6 is 0 Å². The Morgan fingerprint density at radius 1 is 1.02 bits per heavy atom. The number of halogens is 3. The number of fused-ring (bicyclic) bond motifs is 1. The van der Waals surface area contributed by atoms with Crippen LogP contribution in [0.3, 0.4) is 0 Å². The van der Waals surface area contributed by atoms with Crippen LogP contribution < -0.4 is 15.5 Å². The summed E-state index contributed by atoms with van der Waals surface area (Å²) in [5, 5.41) is 9.90. The molecule has 3 aliphatic rings. The van der Waals surface area contributed by atoms with E-state index in [9.17, 15) is 27.6 Å². The molecule has 2 N–H and O–H groups in total. The zero-order valence-corrected chi connectivity index (χ0v) is 28.9. The highest BCUT2D eigenvalue weighted by molar-refractivity contribution is 6.04. The number of carbonyl (C=O) groups excluding carboxylic acids is 3. The number of amides is 3. The van der Waals surface area contributed by atoms with Gasteiger partial charge in [-0.05, 0) is 49.2 Å². The minimum absolute atomic E-state index is 0.0533. The molecule has 52 heavy (non-hydrogen) atoms. The second-order valence-electron chi connectivity index (χ2n) is 13.4. The van der Waals surface area contributed by atoms with Gasteiger partial charge in [0.05, 0.1) is 24.1 Å². The minimum atomic E-state index is -4.56. The van der Waals surface area contributed by atoms with Gasteiger partial charge in [0.15, 0.2) is 0 Å². The van der Waals surface area contributed by atoms with Crippen molar-refractivity contribution < 1.29 is 32.3 Å². The molecule has 7 rings (SSSR count). The Morgan fingerprint density at radius 3 is 2.38 bits per heavy atom. The van der Waals surface area contributed by atoms with E-state index in [0.717, 1.165) is 61.7 Å². The first kappa shape index (κ1) is 36.5. The van der Waals surface area contributed by atoms with Crippen molar-refractivity contribution in [3.05, 3.63) is 126 Å². The highest BCUT2D eigenvalue weighted by Crippen LogP contribution is 2.38. The number of ether oxygens (including phenoxy) is 1. The van der Waals surface area contributed by atoms with Crippen LogP contribution in [-0.2, 0) is 33.5 Å². The van der Waals surface area contributed by atoms with Gasteiger partial charge in [-0.25, -0.2) is 4.68 Å². The van der Waals surface area contributed by atoms with E-state index in [-0.39, 0.29) is 23.8 Å². The fourth-order valence-corrected chi connectivity index (χ4v) is 6.82. The number of carbonyl (C=O) groups is 3. The zero-order chi connectivity index (χ0) is 36.9. The third-order valence-electron chi connectivity index (χ3n) is 9.47. The van der Waals surface area contributed by atoms with Gasteiger partial charge in [-0.15, -0.1) is 0 Å². The second-order valence-corrected chi connectivity index (χ2v) is 13.4. The number of nitrogens with zero attached hydrogens (tertiary/aromatic N) is 4. The van der Waals surface area contributed by atoms with Crippen LogP contribution in [0, 0.1) is 5.41 Å². The molecule has 3 aliphatic heterocycles. The number of hydrogen-bond acceptors (Lipinski definition) is 6. The lowest BCUT2D eigenvalue weighted by Crippen LogP contribution is -2.57. The van der Waals surface area contributed by atoms with Crippen LogP contribution in [-0.4, -0.2) is 77.8 Å². The quantitative estimate of drug-likeness (QED) is 0.232. The van der Waals surface area contributed by atoms with Crippen LogP contribution in [0.2, 0.25) is 0 Å². The monoisotopic (exact) mass is 714 g/mol. The maximum Gasteiger partial charge on any atom is 0.416 e. The van der Waals surface area contributed by atoms with Gasteiger partial charge in [0.1, 0.15) is 11.9 Å². The minimum Gasteiger partial charge on any atom is -0.381 e. The molecular formula is C39H41F3N6O4. The number of alkyl halides is 3. The van der Waals surface area contributed by atoms with E-state index in [1.165, 1.54) is 17.0 Å². The summed E-state index contributed by atoms with van der Waals surface area (Å²) in [4.78, 5) is 41.5. The van der Waals surface area contributed by atoms with Gasteiger partial charge in [0, 0.05) is 67.9 Å². The van der Waals surface area contributed by atoms with Gasteiger partial charge >= 0.3 is 6.18 Å². The fourth-order valence-electron chi connectivity index (χ4n) is 6.82. The molecule has 2 saturated heterocycles. The molecule has 272 valence electrons. The summed E-state index contributed by atoms with van der Waals surface area (Å²) in [5.74, 6) is -0.502. The Hall–Kier alpha value is -5.27. The Kier molecular flexibility index (Phi) is 10.9. The molecule has 1 atom stereocenters. The van der Waals surface area contributed by atoms with Crippen LogP contribution in [0.1, 0.15) is 40.4 Å². The van der Waals surface area contributed by atoms with E-state index in [2.05, 4.69) is 27.2 Å². The van der Waals surface area contributed by atoms with E-state index >= 15 is 0 Å². The third-order valence-corrected chi connectivity index (χ3v) is 9.47. The lowest BCUT2D eigenvalue weighted by molar-refractivity contribution is -0.137. The highest BCUT2D eigenvalue weighted by atomic mass is 19.4. The molecule has 0 bridgehead atoms. The smallest absolute Gasteiger partial charge is 0.381 e. The molecule has 4 heterocycles.